The van der Waals surface area contributed by atoms with Gasteiger partial charge in [-0.3, -0.25) is 11.3 Å². The fraction of sp³-hybridized carbons (Fsp3) is 0.400. The summed E-state index contributed by atoms with van der Waals surface area (Å²) >= 11 is 1.76. The maximum atomic E-state index is 5.48. The molecule has 0 heterocycles. The molecule has 0 saturated carbocycles. The fourth-order valence-corrected chi connectivity index (χ4v) is 2.04. The molecule has 13 heavy (non-hydrogen) atoms. The summed E-state index contributed by atoms with van der Waals surface area (Å²) in [4.78, 5) is 1.30. The molecule has 0 radical (unpaired) electrons. The van der Waals surface area contributed by atoms with Crippen molar-refractivity contribution in [2.75, 3.05) is 6.26 Å². The van der Waals surface area contributed by atoms with Crippen molar-refractivity contribution in [1.82, 2.24) is 5.43 Å². The van der Waals surface area contributed by atoms with Crippen LogP contribution in [-0.2, 0) is 0 Å². The smallest absolute Gasteiger partial charge is 0.0468 e. The molecule has 1 atom stereocenters. The van der Waals surface area contributed by atoms with Crippen molar-refractivity contribution in [1.29, 1.82) is 0 Å². The average molecular weight is 196 g/mol. The molecule has 1 rings (SSSR count). The van der Waals surface area contributed by atoms with Gasteiger partial charge in [-0.15, -0.1) is 11.8 Å². The highest BCUT2D eigenvalue weighted by Gasteiger charge is 2.09. The van der Waals surface area contributed by atoms with E-state index in [1.165, 1.54) is 10.5 Å². The Morgan fingerprint density at radius 2 is 2.15 bits per heavy atom. The minimum absolute atomic E-state index is 0.267. The summed E-state index contributed by atoms with van der Waals surface area (Å²) in [6.07, 6.45) is 3.09. The number of rotatable bonds is 4. The molecule has 2 nitrogen and oxygen atoms in total. The van der Waals surface area contributed by atoms with Gasteiger partial charge in [0.05, 0.1) is 0 Å². The van der Waals surface area contributed by atoms with E-state index in [2.05, 4.69) is 42.9 Å². The Morgan fingerprint density at radius 1 is 1.46 bits per heavy atom. The first-order chi connectivity index (χ1) is 6.33. The summed E-state index contributed by atoms with van der Waals surface area (Å²) < 4.78 is 0. The van der Waals surface area contributed by atoms with E-state index >= 15 is 0 Å². The zero-order valence-corrected chi connectivity index (χ0v) is 8.90. The second-order valence-corrected chi connectivity index (χ2v) is 3.72. The number of nitrogens with one attached hydrogen (secondary N) is 1. The minimum Gasteiger partial charge on any atom is -0.271 e. The molecule has 0 aliphatic rings. The van der Waals surface area contributed by atoms with Gasteiger partial charge in [0.2, 0.25) is 0 Å². The Hall–Kier alpha value is -0.510. The molecule has 0 spiro atoms. The van der Waals surface area contributed by atoms with Crippen molar-refractivity contribution in [2.24, 2.45) is 5.84 Å². The van der Waals surface area contributed by atoms with Crippen molar-refractivity contribution >= 4 is 11.8 Å². The molecule has 1 aromatic rings. The number of hydrogen-bond donors (Lipinski definition) is 2. The number of thioether (sulfide) groups is 1. The van der Waals surface area contributed by atoms with Gasteiger partial charge in [0.25, 0.3) is 0 Å². The predicted octanol–water partition coefficient (Wildman–Crippen LogP) is 2.32. The van der Waals surface area contributed by atoms with Gasteiger partial charge in [-0.1, -0.05) is 25.1 Å². The number of hydrogen-bond acceptors (Lipinski definition) is 3. The molecule has 0 amide bonds. The molecule has 0 fully saturated rings. The van der Waals surface area contributed by atoms with E-state index in [0.29, 0.717) is 0 Å². The van der Waals surface area contributed by atoms with Gasteiger partial charge in [0.15, 0.2) is 0 Å². The molecule has 0 aliphatic heterocycles. The monoisotopic (exact) mass is 196 g/mol. The third-order valence-corrected chi connectivity index (χ3v) is 2.94. The van der Waals surface area contributed by atoms with E-state index < -0.39 is 0 Å². The second kappa shape index (κ2) is 5.27. The van der Waals surface area contributed by atoms with Crippen LogP contribution in [-0.4, -0.2) is 6.26 Å². The van der Waals surface area contributed by atoms with Gasteiger partial charge in [-0.05, 0) is 24.3 Å². The molecule has 72 valence electrons. The molecule has 0 aliphatic carbocycles. The third-order valence-electron chi connectivity index (χ3n) is 2.12. The fourth-order valence-electron chi connectivity index (χ4n) is 1.38. The Balaban J connectivity index is 2.96. The van der Waals surface area contributed by atoms with Gasteiger partial charge in [-0.2, -0.15) is 0 Å². The predicted molar refractivity (Wildman–Crippen MR) is 58.6 cm³/mol. The van der Waals surface area contributed by atoms with E-state index in [9.17, 15) is 0 Å². The zero-order valence-electron chi connectivity index (χ0n) is 8.08. The molecule has 1 unspecified atom stereocenters. The van der Waals surface area contributed by atoms with Crippen LogP contribution in [0.15, 0.2) is 29.2 Å². The molecule has 3 N–H and O–H groups in total. The molecule has 1 aromatic carbocycles. The van der Waals surface area contributed by atoms with Crippen molar-refractivity contribution < 1.29 is 0 Å². The Kier molecular flexibility index (Phi) is 4.28. The Morgan fingerprint density at radius 3 is 2.69 bits per heavy atom. The lowest BCUT2D eigenvalue weighted by Gasteiger charge is -2.16. The summed E-state index contributed by atoms with van der Waals surface area (Å²) in [5.41, 5.74) is 4.12. The van der Waals surface area contributed by atoms with Crippen molar-refractivity contribution in [3.8, 4) is 0 Å². The summed E-state index contributed by atoms with van der Waals surface area (Å²) in [5.74, 6) is 5.48. The molecule has 3 heteroatoms. The lowest BCUT2D eigenvalue weighted by molar-refractivity contribution is 0.532. The molecule has 0 aromatic heterocycles. The quantitative estimate of drug-likeness (QED) is 0.441. The standard InChI is InChI=1S/C10H16N2S/c1-3-9(12-11)8-6-4-5-7-10(8)13-2/h4-7,9,12H,3,11H2,1-2H3. The van der Waals surface area contributed by atoms with E-state index in [-0.39, 0.29) is 6.04 Å². The second-order valence-electron chi connectivity index (χ2n) is 2.87. The number of nitrogens with two attached hydrogens (primary N) is 1. The molecular formula is C10H16N2S. The first-order valence-electron chi connectivity index (χ1n) is 4.42. The largest absolute Gasteiger partial charge is 0.271 e. The van der Waals surface area contributed by atoms with E-state index in [0.717, 1.165) is 6.42 Å². The summed E-state index contributed by atoms with van der Waals surface area (Å²) in [5, 5.41) is 0. The van der Waals surface area contributed by atoms with Crippen LogP contribution >= 0.6 is 11.8 Å². The van der Waals surface area contributed by atoms with Crippen LogP contribution in [0.1, 0.15) is 24.9 Å². The van der Waals surface area contributed by atoms with Crippen molar-refractivity contribution in [3.63, 3.8) is 0 Å². The first-order valence-corrected chi connectivity index (χ1v) is 5.65. The van der Waals surface area contributed by atoms with Crippen LogP contribution in [0.25, 0.3) is 0 Å². The molecule has 0 saturated heterocycles. The van der Waals surface area contributed by atoms with Crippen LogP contribution in [0.3, 0.4) is 0 Å². The van der Waals surface area contributed by atoms with E-state index in [1.807, 2.05) is 0 Å². The Labute approximate surface area is 83.9 Å². The maximum absolute atomic E-state index is 5.48. The van der Waals surface area contributed by atoms with Gasteiger partial charge in [0, 0.05) is 10.9 Å². The van der Waals surface area contributed by atoms with Crippen LogP contribution in [0, 0.1) is 0 Å². The van der Waals surface area contributed by atoms with Crippen LogP contribution in [0.4, 0.5) is 0 Å². The minimum atomic E-state index is 0.267. The highest BCUT2D eigenvalue weighted by molar-refractivity contribution is 7.98. The Bertz CT molecular complexity index is 259. The number of benzene rings is 1. The molecular weight excluding hydrogens is 180 g/mol. The summed E-state index contributed by atoms with van der Waals surface area (Å²) in [7, 11) is 0. The third kappa shape index (κ3) is 2.46. The van der Waals surface area contributed by atoms with Gasteiger partial charge in [-0.25, -0.2) is 0 Å². The van der Waals surface area contributed by atoms with Crippen LogP contribution in [0.5, 0.6) is 0 Å². The van der Waals surface area contributed by atoms with E-state index in [4.69, 9.17) is 5.84 Å². The highest BCUT2D eigenvalue weighted by Crippen LogP contribution is 2.26. The summed E-state index contributed by atoms with van der Waals surface area (Å²) in [6, 6.07) is 8.62. The normalized spacial score (nSPS) is 12.8. The maximum Gasteiger partial charge on any atom is 0.0468 e. The first kappa shape index (κ1) is 10.6. The van der Waals surface area contributed by atoms with Crippen molar-refractivity contribution in [2.45, 2.75) is 24.3 Å². The average Bonchev–Trinajstić information content (AvgIpc) is 2.20. The zero-order chi connectivity index (χ0) is 9.68. The molecule has 0 bridgehead atoms. The number of hydrazine groups is 1. The highest BCUT2D eigenvalue weighted by atomic mass is 32.2. The van der Waals surface area contributed by atoms with E-state index in [1.54, 1.807) is 11.8 Å². The van der Waals surface area contributed by atoms with Crippen LogP contribution in [0.2, 0.25) is 0 Å². The lowest BCUT2D eigenvalue weighted by atomic mass is 10.1. The SMILES string of the molecule is CCC(NN)c1ccccc1SC. The van der Waals surface area contributed by atoms with Crippen molar-refractivity contribution in [3.05, 3.63) is 29.8 Å². The topological polar surface area (TPSA) is 38.0 Å². The van der Waals surface area contributed by atoms with Gasteiger partial charge in [0.1, 0.15) is 0 Å². The lowest BCUT2D eigenvalue weighted by Crippen LogP contribution is -2.27. The van der Waals surface area contributed by atoms with Gasteiger partial charge >= 0.3 is 0 Å². The van der Waals surface area contributed by atoms with Crippen LogP contribution < -0.4 is 11.3 Å². The summed E-state index contributed by atoms with van der Waals surface area (Å²) in [6.45, 7) is 2.13. The van der Waals surface area contributed by atoms with Gasteiger partial charge < -0.3 is 0 Å².